The molecule has 1 fully saturated rings. The van der Waals surface area contributed by atoms with Crippen LogP contribution >= 0.6 is 0 Å². The Kier molecular flexibility index (Phi) is 6.28. The second kappa shape index (κ2) is 8.73. The van der Waals surface area contributed by atoms with Gasteiger partial charge in [0.2, 0.25) is 11.8 Å². The Hall–Kier alpha value is -3.10. The van der Waals surface area contributed by atoms with Gasteiger partial charge in [-0.2, -0.15) is 0 Å². The van der Waals surface area contributed by atoms with Crippen molar-refractivity contribution in [2.24, 2.45) is 0 Å². The molecule has 0 radical (unpaired) electrons. The zero-order valence-electron chi connectivity index (χ0n) is 17.6. The monoisotopic (exact) mass is 416 g/mol. The van der Waals surface area contributed by atoms with E-state index in [1.165, 1.54) is 0 Å². The number of fused-ring (bicyclic) bond motifs is 1. The van der Waals surface area contributed by atoms with Gasteiger partial charge in [-0.05, 0) is 39.3 Å². The number of piperazine rings is 1. The molecule has 162 valence electrons. The highest BCUT2D eigenvalue weighted by Gasteiger charge is 2.30. The summed E-state index contributed by atoms with van der Waals surface area (Å²) in [6, 6.07) is 6.00. The van der Waals surface area contributed by atoms with Crippen molar-refractivity contribution < 1.29 is 23.9 Å². The number of hydrogen-bond donors (Lipinski definition) is 2. The minimum absolute atomic E-state index is 0.109. The van der Waals surface area contributed by atoms with Crippen LogP contribution in [0.1, 0.15) is 44.0 Å². The van der Waals surface area contributed by atoms with Gasteiger partial charge in [-0.3, -0.25) is 14.4 Å². The molecule has 2 aliphatic heterocycles. The number of rotatable bonds is 3. The van der Waals surface area contributed by atoms with Crippen LogP contribution in [0.3, 0.4) is 0 Å². The third-order valence-corrected chi connectivity index (χ3v) is 4.98. The van der Waals surface area contributed by atoms with Crippen LogP contribution in [0.25, 0.3) is 0 Å². The molecule has 0 spiro atoms. The van der Waals surface area contributed by atoms with Gasteiger partial charge in [-0.15, -0.1) is 0 Å². The van der Waals surface area contributed by atoms with E-state index in [4.69, 9.17) is 4.74 Å². The number of benzene rings is 1. The van der Waals surface area contributed by atoms with Gasteiger partial charge < -0.3 is 25.2 Å². The minimum atomic E-state index is -0.781. The Morgan fingerprint density at radius 2 is 1.70 bits per heavy atom. The summed E-state index contributed by atoms with van der Waals surface area (Å²) in [5.74, 6) is -0.786. The molecular formula is C21H28N4O5. The van der Waals surface area contributed by atoms with Crippen molar-refractivity contribution in [1.29, 1.82) is 0 Å². The van der Waals surface area contributed by atoms with Gasteiger partial charge in [0.05, 0.1) is 11.3 Å². The number of anilines is 1. The summed E-state index contributed by atoms with van der Waals surface area (Å²) in [7, 11) is 0. The van der Waals surface area contributed by atoms with E-state index in [0.29, 0.717) is 37.4 Å². The van der Waals surface area contributed by atoms with Crippen molar-refractivity contribution in [3.63, 3.8) is 0 Å². The summed E-state index contributed by atoms with van der Waals surface area (Å²) in [5.41, 5.74) is 0.304. The molecule has 1 aromatic rings. The molecule has 9 heteroatoms. The van der Waals surface area contributed by atoms with Crippen LogP contribution in [0, 0.1) is 0 Å². The fourth-order valence-electron chi connectivity index (χ4n) is 3.41. The van der Waals surface area contributed by atoms with Crippen molar-refractivity contribution in [2.45, 2.75) is 45.3 Å². The molecule has 1 aromatic carbocycles. The maximum absolute atomic E-state index is 12.6. The molecule has 2 N–H and O–H groups in total. The Balaban J connectivity index is 1.49. The molecule has 2 aliphatic rings. The van der Waals surface area contributed by atoms with Gasteiger partial charge >= 0.3 is 6.09 Å². The first-order chi connectivity index (χ1) is 14.1. The standard InChI is InChI=1S/C21H28N4O5/c1-21(2,3)30-20(29)25-12-10-24(11-13-25)17(26)9-8-16-19(28)22-15-7-5-4-6-14(15)18(27)23-16/h4-7,16H,8-13H2,1-3H3,(H,22,28)(H,23,27)/t16-/m1/s1. The smallest absolute Gasteiger partial charge is 0.410 e. The van der Waals surface area contributed by atoms with E-state index in [-0.39, 0.29) is 36.7 Å². The van der Waals surface area contributed by atoms with Gasteiger partial charge in [0.15, 0.2) is 0 Å². The third kappa shape index (κ3) is 5.28. The lowest BCUT2D eigenvalue weighted by molar-refractivity contribution is -0.133. The molecule has 9 nitrogen and oxygen atoms in total. The van der Waals surface area contributed by atoms with Crippen molar-refractivity contribution in [3.05, 3.63) is 29.8 Å². The van der Waals surface area contributed by atoms with Gasteiger partial charge in [0.25, 0.3) is 5.91 Å². The Morgan fingerprint density at radius 1 is 1.07 bits per heavy atom. The minimum Gasteiger partial charge on any atom is -0.444 e. The lowest BCUT2D eigenvalue weighted by Crippen LogP contribution is -2.52. The first kappa shape index (κ1) is 21.6. The number of hydrogen-bond acceptors (Lipinski definition) is 5. The topological polar surface area (TPSA) is 108 Å². The summed E-state index contributed by atoms with van der Waals surface area (Å²) in [6.45, 7) is 7.05. The largest absolute Gasteiger partial charge is 0.444 e. The fourth-order valence-corrected chi connectivity index (χ4v) is 3.41. The van der Waals surface area contributed by atoms with E-state index in [1.54, 1.807) is 34.1 Å². The van der Waals surface area contributed by atoms with Crippen LogP contribution < -0.4 is 10.6 Å². The molecule has 0 bridgehead atoms. The summed E-state index contributed by atoms with van der Waals surface area (Å²) >= 11 is 0. The second-order valence-electron chi connectivity index (χ2n) is 8.45. The van der Waals surface area contributed by atoms with E-state index in [2.05, 4.69) is 10.6 Å². The molecule has 0 unspecified atom stereocenters. The van der Waals surface area contributed by atoms with E-state index in [0.717, 1.165) is 0 Å². The molecule has 3 rings (SSSR count). The number of amides is 4. The summed E-state index contributed by atoms with van der Waals surface area (Å²) < 4.78 is 5.36. The molecule has 30 heavy (non-hydrogen) atoms. The molecule has 0 aromatic heterocycles. The van der Waals surface area contributed by atoms with Crippen molar-refractivity contribution >= 4 is 29.5 Å². The molecular weight excluding hydrogens is 388 g/mol. The zero-order valence-corrected chi connectivity index (χ0v) is 17.6. The van der Waals surface area contributed by atoms with Crippen LogP contribution in [0.5, 0.6) is 0 Å². The lowest BCUT2D eigenvalue weighted by atomic mass is 10.1. The third-order valence-electron chi connectivity index (χ3n) is 4.98. The maximum Gasteiger partial charge on any atom is 0.410 e. The molecule has 2 heterocycles. The average molecular weight is 416 g/mol. The number of carbonyl (C=O) groups is 4. The maximum atomic E-state index is 12.6. The number of para-hydroxylation sites is 1. The Labute approximate surface area is 175 Å². The Morgan fingerprint density at radius 3 is 2.37 bits per heavy atom. The first-order valence-electron chi connectivity index (χ1n) is 10.1. The van der Waals surface area contributed by atoms with E-state index >= 15 is 0 Å². The van der Waals surface area contributed by atoms with E-state index in [1.807, 2.05) is 20.8 Å². The van der Waals surface area contributed by atoms with Crippen LogP contribution in [-0.4, -0.2) is 71.4 Å². The number of carbonyl (C=O) groups excluding carboxylic acids is 4. The quantitative estimate of drug-likeness (QED) is 0.778. The first-order valence-corrected chi connectivity index (χ1v) is 10.1. The number of nitrogens with one attached hydrogen (secondary N) is 2. The van der Waals surface area contributed by atoms with Crippen molar-refractivity contribution in [1.82, 2.24) is 15.1 Å². The highest BCUT2D eigenvalue weighted by molar-refractivity contribution is 6.09. The predicted octanol–water partition coefficient (Wildman–Crippen LogP) is 1.60. The van der Waals surface area contributed by atoms with Gasteiger partial charge in [-0.1, -0.05) is 12.1 Å². The second-order valence-corrected chi connectivity index (χ2v) is 8.45. The number of ether oxygens (including phenoxy) is 1. The van der Waals surface area contributed by atoms with Crippen LogP contribution in [0.15, 0.2) is 24.3 Å². The molecule has 4 amide bonds. The number of nitrogens with zero attached hydrogens (tertiary/aromatic N) is 2. The highest BCUT2D eigenvalue weighted by atomic mass is 16.6. The van der Waals surface area contributed by atoms with E-state index < -0.39 is 11.6 Å². The van der Waals surface area contributed by atoms with Gasteiger partial charge in [0, 0.05) is 32.6 Å². The SMILES string of the molecule is CC(C)(C)OC(=O)N1CCN(C(=O)CC[C@H]2NC(=O)c3ccccc3NC2=O)CC1. The van der Waals surface area contributed by atoms with E-state index in [9.17, 15) is 19.2 Å². The zero-order chi connectivity index (χ0) is 21.9. The van der Waals surface area contributed by atoms with Crippen molar-refractivity contribution in [3.8, 4) is 0 Å². The normalized spacial score (nSPS) is 19.4. The van der Waals surface area contributed by atoms with Crippen LogP contribution in [-0.2, 0) is 14.3 Å². The van der Waals surface area contributed by atoms with Crippen LogP contribution in [0.2, 0.25) is 0 Å². The molecule has 1 atom stereocenters. The lowest BCUT2D eigenvalue weighted by Gasteiger charge is -2.35. The Bertz CT molecular complexity index is 840. The molecule has 0 saturated carbocycles. The van der Waals surface area contributed by atoms with Crippen molar-refractivity contribution in [2.75, 3.05) is 31.5 Å². The summed E-state index contributed by atoms with van der Waals surface area (Å²) in [5, 5.41) is 5.43. The van der Waals surface area contributed by atoms with Gasteiger partial charge in [0.1, 0.15) is 11.6 Å². The molecule has 1 saturated heterocycles. The molecule has 0 aliphatic carbocycles. The summed E-state index contributed by atoms with van der Waals surface area (Å²) in [4.78, 5) is 52.8. The highest BCUT2D eigenvalue weighted by Crippen LogP contribution is 2.19. The van der Waals surface area contributed by atoms with Crippen LogP contribution in [0.4, 0.5) is 10.5 Å². The van der Waals surface area contributed by atoms with Gasteiger partial charge in [-0.25, -0.2) is 4.79 Å². The fraction of sp³-hybridized carbons (Fsp3) is 0.524. The summed E-state index contributed by atoms with van der Waals surface area (Å²) in [6.07, 6.45) is -0.0512. The average Bonchev–Trinajstić information content (AvgIpc) is 2.81. The predicted molar refractivity (Wildman–Crippen MR) is 110 cm³/mol.